The second-order valence-corrected chi connectivity index (χ2v) is 10.3. The summed E-state index contributed by atoms with van der Waals surface area (Å²) in [5.74, 6) is 0.948. The monoisotopic (exact) mass is 530 g/mol. The Balaban J connectivity index is 1.52. The minimum atomic E-state index is -0.373. The Morgan fingerprint density at radius 1 is 0.667 bits per heavy atom. The predicted molar refractivity (Wildman–Crippen MR) is 161 cm³/mol. The van der Waals surface area contributed by atoms with E-state index >= 15 is 0 Å². The smallest absolute Gasteiger partial charge is 0.343 e. The molecule has 2 atom stereocenters. The topological polar surface area (TPSA) is 44.8 Å². The number of rotatable bonds is 17. The van der Waals surface area contributed by atoms with Gasteiger partial charge in [-0.25, -0.2) is 4.79 Å². The first-order valence-electron chi connectivity index (χ1n) is 14.8. The van der Waals surface area contributed by atoms with E-state index in [4.69, 9.17) is 14.2 Å². The lowest BCUT2D eigenvalue weighted by Gasteiger charge is -2.18. The first kappa shape index (κ1) is 30.4. The first-order chi connectivity index (χ1) is 19.0. The van der Waals surface area contributed by atoms with E-state index in [1.165, 1.54) is 31.2 Å². The lowest BCUT2D eigenvalue weighted by molar-refractivity contribution is 0.0628. The molecule has 0 aliphatic heterocycles. The van der Waals surface area contributed by atoms with E-state index in [0.29, 0.717) is 11.3 Å². The molecule has 0 spiro atoms. The highest BCUT2D eigenvalue weighted by Crippen LogP contribution is 2.25. The van der Waals surface area contributed by atoms with Crippen LogP contribution in [0.25, 0.3) is 11.1 Å². The molecule has 0 bridgehead atoms. The molecule has 0 aromatic heterocycles. The average molecular weight is 531 g/mol. The minimum Gasteiger partial charge on any atom is -0.490 e. The van der Waals surface area contributed by atoms with Gasteiger partial charge in [0.05, 0.1) is 17.8 Å². The van der Waals surface area contributed by atoms with E-state index in [0.717, 1.165) is 55.6 Å². The molecule has 0 saturated heterocycles. The van der Waals surface area contributed by atoms with Crippen molar-refractivity contribution in [1.29, 1.82) is 0 Å². The third-order valence-electron chi connectivity index (χ3n) is 7.03. The molecule has 2 unspecified atom stereocenters. The van der Waals surface area contributed by atoms with Crippen LogP contribution in [0, 0.1) is 0 Å². The normalized spacial score (nSPS) is 12.6. The number of ether oxygens (including phenoxy) is 3. The molecule has 0 aliphatic rings. The summed E-state index contributed by atoms with van der Waals surface area (Å²) in [5, 5.41) is 0. The van der Waals surface area contributed by atoms with Crippen LogP contribution >= 0.6 is 0 Å². The zero-order valence-corrected chi connectivity index (χ0v) is 24.3. The average Bonchev–Trinajstić information content (AvgIpc) is 2.97. The largest absolute Gasteiger partial charge is 0.490 e. The van der Waals surface area contributed by atoms with Gasteiger partial charge in [-0.2, -0.15) is 0 Å². The van der Waals surface area contributed by atoms with Gasteiger partial charge < -0.3 is 14.2 Å². The van der Waals surface area contributed by atoms with Crippen LogP contribution in [0.3, 0.4) is 0 Å². The van der Waals surface area contributed by atoms with Crippen molar-refractivity contribution in [2.24, 2.45) is 0 Å². The fraction of sp³-hybridized carbons (Fsp3) is 0.457. The number of hydrogen-bond donors (Lipinski definition) is 0. The lowest BCUT2D eigenvalue weighted by atomic mass is 10.0. The maximum absolute atomic E-state index is 12.7. The van der Waals surface area contributed by atoms with Crippen LogP contribution in [-0.4, -0.2) is 18.7 Å². The molecule has 0 fully saturated rings. The minimum absolute atomic E-state index is 0.0808. The van der Waals surface area contributed by atoms with E-state index in [1.54, 1.807) is 12.1 Å². The summed E-state index contributed by atoms with van der Waals surface area (Å²) >= 11 is 0. The summed E-state index contributed by atoms with van der Waals surface area (Å²) in [7, 11) is 0. The molecule has 3 aromatic rings. The van der Waals surface area contributed by atoms with Crippen molar-refractivity contribution >= 4 is 5.97 Å². The van der Waals surface area contributed by atoms with E-state index in [2.05, 4.69) is 52.0 Å². The molecular formula is C35H46O4. The molecule has 4 heteroatoms. The molecule has 0 radical (unpaired) electrons. The lowest BCUT2D eigenvalue weighted by Crippen LogP contribution is -2.16. The summed E-state index contributed by atoms with van der Waals surface area (Å²) in [6, 6.07) is 23.3. The van der Waals surface area contributed by atoms with Crippen molar-refractivity contribution in [2.45, 2.75) is 97.7 Å². The van der Waals surface area contributed by atoms with E-state index < -0.39 is 0 Å². The highest BCUT2D eigenvalue weighted by molar-refractivity contribution is 5.91. The third-order valence-corrected chi connectivity index (χ3v) is 7.03. The van der Waals surface area contributed by atoms with Crippen LogP contribution < -0.4 is 9.47 Å². The Labute approximate surface area is 235 Å². The van der Waals surface area contributed by atoms with Crippen molar-refractivity contribution in [2.75, 3.05) is 6.61 Å². The maximum Gasteiger partial charge on any atom is 0.343 e. The molecule has 0 saturated carbocycles. The van der Waals surface area contributed by atoms with Crippen molar-refractivity contribution in [1.82, 2.24) is 0 Å². The van der Waals surface area contributed by atoms with Crippen molar-refractivity contribution in [3.05, 3.63) is 83.9 Å². The second-order valence-electron chi connectivity index (χ2n) is 10.3. The molecule has 3 rings (SSSR count). The van der Waals surface area contributed by atoms with Crippen LogP contribution in [0.1, 0.15) is 108 Å². The molecule has 39 heavy (non-hydrogen) atoms. The summed E-state index contributed by atoms with van der Waals surface area (Å²) < 4.78 is 17.8. The van der Waals surface area contributed by atoms with Crippen molar-refractivity contribution in [3.8, 4) is 22.6 Å². The number of esters is 1. The molecule has 0 amide bonds. The van der Waals surface area contributed by atoms with Crippen molar-refractivity contribution in [3.63, 3.8) is 0 Å². The summed E-state index contributed by atoms with van der Waals surface area (Å²) in [6.45, 7) is 9.51. The highest BCUT2D eigenvalue weighted by atomic mass is 16.5. The Morgan fingerprint density at radius 3 is 1.90 bits per heavy atom. The molecule has 0 N–H and O–H groups in total. The van der Waals surface area contributed by atoms with Crippen LogP contribution in [0.2, 0.25) is 0 Å². The van der Waals surface area contributed by atoms with Gasteiger partial charge >= 0.3 is 5.97 Å². The Bertz CT molecular complexity index is 1090. The standard InChI is InChI=1S/C35H46O4/c1-5-8-10-11-26-37-27(4)28-14-16-29(17-15-28)30-18-20-31(21-19-30)35(36)39-34-24-22-33(23-25-34)38-32(12-7-3)13-9-6-2/h14-25,27,32H,5-13,26H2,1-4H3. The van der Waals surface area contributed by atoms with Gasteiger partial charge in [0, 0.05) is 6.61 Å². The molecule has 0 aliphatic carbocycles. The Hall–Kier alpha value is -3.11. The Morgan fingerprint density at radius 2 is 1.28 bits per heavy atom. The number of carbonyl (C=O) groups is 1. The van der Waals surface area contributed by atoms with E-state index in [9.17, 15) is 4.79 Å². The highest BCUT2D eigenvalue weighted by Gasteiger charge is 2.12. The molecular weight excluding hydrogens is 484 g/mol. The van der Waals surface area contributed by atoms with Gasteiger partial charge in [-0.3, -0.25) is 0 Å². The summed E-state index contributed by atoms with van der Waals surface area (Å²) in [5.41, 5.74) is 3.85. The van der Waals surface area contributed by atoms with Gasteiger partial charge in [0.2, 0.25) is 0 Å². The molecule has 4 nitrogen and oxygen atoms in total. The van der Waals surface area contributed by atoms with Crippen LogP contribution in [0.15, 0.2) is 72.8 Å². The van der Waals surface area contributed by atoms with Crippen LogP contribution in [0.4, 0.5) is 0 Å². The van der Waals surface area contributed by atoms with Gasteiger partial charge in [0.1, 0.15) is 11.5 Å². The second kappa shape index (κ2) is 16.8. The fourth-order valence-electron chi connectivity index (χ4n) is 4.59. The predicted octanol–water partition coefficient (Wildman–Crippen LogP) is 9.97. The third kappa shape index (κ3) is 10.2. The van der Waals surface area contributed by atoms with Gasteiger partial charge in [0.15, 0.2) is 0 Å². The van der Waals surface area contributed by atoms with Crippen molar-refractivity contribution < 1.29 is 19.0 Å². The first-order valence-corrected chi connectivity index (χ1v) is 14.8. The van der Waals surface area contributed by atoms with E-state index in [1.807, 2.05) is 36.4 Å². The molecule has 210 valence electrons. The van der Waals surface area contributed by atoms with Crippen LogP contribution in [-0.2, 0) is 4.74 Å². The number of hydrogen-bond acceptors (Lipinski definition) is 4. The number of benzene rings is 3. The zero-order chi connectivity index (χ0) is 27.9. The SMILES string of the molecule is CCCCCCOC(C)c1ccc(-c2ccc(C(=O)Oc3ccc(OC(CCC)CCCC)cc3)cc2)cc1. The van der Waals surface area contributed by atoms with Gasteiger partial charge in [0.25, 0.3) is 0 Å². The molecule has 3 aromatic carbocycles. The van der Waals surface area contributed by atoms with Gasteiger partial charge in [-0.05, 0) is 79.3 Å². The quantitative estimate of drug-likeness (QED) is 0.0989. The fourth-order valence-corrected chi connectivity index (χ4v) is 4.59. The number of carbonyl (C=O) groups excluding carboxylic acids is 1. The summed E-state index contributed by atoms with van der Waals surface area (Å²) in [4.78, 5) is 12.7. The van der Waals surface area contributed by atoms with E-state index in [-0.39, 0.29) is 18.2 Å². The summed E-state index contributed by atoms with van der Waals surface area (Å²) in [6.07, 6.45) is 10.7. The van der Waals surface area contributed by atoms with Gasteiger partial charge in [-0.1, -0.05) is 95.7 Å². The zero-order valence-electron chi connectivity index (χ0n) is 24.3. The Kier molecular flexibility index (Phi) is 13.1. The maximum atomic E-state index is 12.7. The van der Waals surface area contributed by atoms with Gasteiger partial charge in [-0.15, -0.1) is 0 Å². The van der Waals surface area contributed by atoms with Crippen LogP contribution in [0.5, 0.6) is 11.5 Å². The number of unbranched alkanes of at least 4 members (excludes halogenated alkanes) is 4. The molecule has 0 heterocycles.